The Balaban J connectivity index is 1.06. The lowest BCUT2D eigenvalue weighted by Crippen LogP contribution is -2.31. The predicted octanol–water partition coefficient (Wildman–Crippen LogP) is 7.33. The summed E-state index contributed by atoms with van der Waals surface area (Å²) in [5.41, 5.74) is 1.93. The van der Waals surface area contributed by atoms with E-state index in [0.717, 1.165) is 12.0 Å². The smallest absolute Gasteiger partial charge is 0.345 e. The van der Waals surface area contributed by atoms with Gasteiger partial charge in [0.2, 0.25) is 11.8 Å². The SMILES string of the molecule is O=C(COC(=O)c1cccc(N2C(=O)[C@H]3C[C@H](c4ccccc4)CC[C@H]3C2=O)c1)c1ccc(OC(=O)c2ccc(Cl)cc2Cl)cc1. The fourth-order valence-corrected chi connectivity index (χ4v) is 6.54. The van der Waals surface area contributed by atoms with Gasteiger partial charge in [0.05, 0.1) is 33.7 Å². The van der Waals surface area contributed by atoms with Gasteiger partial charge >= 0.3 is 11.9 Å². The van der Waals surface area contributed by atoms with E-state index < -0.39 is 30.2 Å². The van der Waals surface area contributed by atoms with E-state index in [0.29, 0.717) is 23.6 Å². The highest BCUT2D eigenvalue weighted by atomic mass is 35.5. The molecule has 1 aliphatic carbocycles. The molecule has 1 saturated carbocycles. The number of carbonyl (C=O) groups excluding carboxylic acids is 5. The van der Waals surface area contributed by atoms with Crippen LogP contribution < -0.4 is 9.64 Å². The van der Waals surface area contributed by atoms with Gasteiger partial charge in [0.1, 0.15) is 5.75 Å². The number of hydrogen-bond acceptors (Lipinski definition) is 7. The first-order valence-corrected chi connectivity index (χ1v) is 15.5. The van der Waals surface area contributed by atoms with Gasteiger partial charge in [0, 0.05) is 10.6 Å². The molecule has 4 aromatic rings. The maximum Gasteiger partial charge on any atom is 0.345 e. The lowest BCUT2D eigenvalue weighted by Gasteiger charge is -2.28. The molecule has 1 heterocycles. The van der Waals surface area contributed by atoms with E-state index >= 15 is 0 Å². The summed E-state index contributed by atoms with van der Waals surface area (Å²) < 4.78 is 10.6. The largest absolute Gasteiger partial charge is 0.454 e. The van der Waals surface area contributed by atoms with Gasteiger partial charge in [-0.1, -0.05) is 59.6 Å². The van der Waals surface area contributed by atoms with Crippen molar-refractivity contribution < 1.29 is 33.4 Å². The van der Waals surface area contributed by atoms with Gasteiger partial charge in [-0.3, -0.25) is 19.3 Å². The molecule has 1 aliphatic heterocycles. The molecule has 3 atom stereocenters. The summed E-state index contributed by atoms with van der Waals surface area (Å²) in [6.07, 6.45) is 2.04. The fourth-order valence-electron chi connectivity index (χ4n) is 6.06. The number of amides is 2. The summed E-state index contributed by atoms with van der Waals surface area (Å²) in [5.74, 6) is -2.87. The van der Waals surface area contributed by atoms with Crippen molar-refractivity contribution in [3.63, 3.8) is 0 Å². The minimum Gasteiger partial charge on any atom is -0.454 e. The lowest BCUT2D eigenvalue weighted by molar-refractivity contribution is -0.122. The van der Waals surface area contributed by atoms with Crippen molar-refractivity contribution >= 4 is 58.4 Å². The van der Waals surface area contributed by atoms with Crippen LogP contribution in [0.4, 0.5) is 5.69 Å². The molecule has 6 rings (SSSR count). The van der Waals surface area contributed by atoms with Crippen molar-refractivity contribution in [1.29, 1.82) is 0 Å². The van der Waals surface area contributed by atoms with E-state index in [4.69, 9.17) is 32.7 Å². The van der Waals surface area contributed by atoms with Crippen LogP contribution in [0.1, 0.15) is 61.8 Å². The Morgan fingerprint density at radius 3 is 2.22 bits per heavy atom. The zero-order valence-electron chi connectivity index (χ0n) is 24.4. The summed E-state index contributed by atoms with van der Waals surface area (Å²) in [6, 6.07) is 26.3. The third-order valence-corrected chi connectivity index (χ3v) is 8.96. The number of halogens is 2. The molecule has 0 spiro atoms. The van der Waals surface area contributed by atoms with Crippen molar-refractivity contribution in [3.8, 4) is 5.75 Å². The molecule has 8 nitrogen and oxygen atoms in total. The molecular formula is C36H27Cl2NO7. The standard InChI is InChI=1S/C36H27Cl2NO7/c37-25-12-16-29(31(38)19-25)36(44)46-27-13-9-22(10-14-27)32(40)20-45-35(43)24-7-4-8-26(17-24)39-33(41)28-15-11-23(18-30(28)34(39)42)21-5-2-1-3-6-21/h1-10,12-14,16-17,19,23,28,30H,11,15,18,20H2/t23-,28-,30+/m1/s1. The Bertz CT molecular complexity index is 1840. The molecule has 10 heteroatoms. The lowest BCUT2D eigenvalue weighted by atomic mass is 9.73. The van der Waals surface area contributed by atoms with Crippen molar-refractivity contribution in [2.75, 3.05) is 11.5 Å². The molecule has 2 amide bonds. The normalized spacial score (nSPS) is 19.0. The number of imide groups is 1. The van der Waals surface area contributed by atoms with Crippen LogP contribution in [0.5, 0.6) is 5.75 Å². The molecule has 2 aliphatic rings. The third kappa shape index (κ3) is 6.45. The number of rotatable bonds is 8. The summed E-state index contributed by atoms with van der Waals surface area (Å²) in [5, 5.41) is 0.523. The van der Waals surface area contributed by atoms with E-state index in [1.807, 2.05) is 18.2 Å². The highest BCUT2D eigenvalue weighted by Gasteiger charge is 2.50. The number of ether oxygens (including phenoxy) is 2. The Hall–Kier alpha value is -4.79. The van der Waals surface area contributed by atoms with Crippen molar-refractivity contribution in [2.45, 2.75) is 25.2 Å². The van der Waals surface area contributed by atoms with E-state index in [1.54, 1.807) is 12.1 Å². The van der Waals surface area contributed by atoms with Crippen LogP contribution in [-0.2, 0) is 14.3 Å². The van der Waals surface area contributed by atoms with Crippen LogP contribution in [0.25, 0.3) is 0 Å². The second-order valence-corrected chi connectivity index (χ2v) is 12.1. The number of esters is 2. The first-order valence-electron chi connectivity index (χ1n) is 14.7. The monoisotopic (exact) mass is 655 g/mol. The van der Waals surface area contributed by atoms with Crippen LogP contribution in [-0.4, -0.2) is 36.1 Å². The Morgan fingerprint density at radius 2 is 1.48 bits per heavy atom. The molecule has 0 unspecified atom stereocenters. The van der Waals surface area contributed by atoms with Gasteiger partial charge in [-0.25, -0.2) is 9.59 Å². The fraction of sp³-hybridized carbons (Fsp3) is 0.194. The number of Topliss-reactive ketones (excluding diaryl/α,β-unsaturated/α-hetero) is 1. The number of anilines is 1. The average Bonchev–Trinajstić information content (AvgIpc) is 3.32. The maximum absolute atomic E-state index is 13.5. The molecule has 2 fully saturated rings. The topological polar surface area (TPSA) is 107 Å². The minimum atomic E-state index is -0.777. The van der Waals surface area contributed by atoms with Gasteiger partial charge in [0.25, 0.3) is 0 Å². The molecule has 0 bridgehead atoms. The van der Waals surface area contributed by atoms with Crippen molar-refractivity contribution in [2.24, 2.45) is 11.8 Å². The molecule has 46 heavy (non-hydrogen) atoms. The zero-order chi connectivity index (χ0) is 32.4. The number of nitrogens with zero attached hydrogens (tertiary/aromatic N) is 1. The molecule has 0 radical (unpaired) electrons. The van der Waals surface area contributed by atoms with Crippen LogP contribution >= 0.6 is 23.2 Å². The highest BCUT2D eigenvalue weighted by Crippen LogP contribution is 2.45. The molecule has 0 aromatic heterocycles. The van der Waals surface area contributed by atoms with Crippen molar-refractivity contribution in [1.82, 2.24) is 0 Å². The van der Waals surface area contributed by atoms with E-state index in [9.17, 15) is 24.0 Å². The molecule has 4 aromatic carbocycles. The van der Waals surface area contributed by atoms with Crippen LogP contribution in [0.15, 0.2) is 97.1 Å². The Kier molecular flexibility index (Phi) is 9.01. The average molecular weight is 657 g/mol. The first-order chi connectivity index (χ1) is 22.2. The minimum absolute atomic E-state index is 0.103. The summed E-state index contributed by atoms with van der Waals surface area (Å²) in [6.45, 7) is -0.546. The van der Waals surface area contributed by atoms with E-state index in [1.165, 1.54) is 59.5 Å². The van der Waals surface area contributed by atoms with Gasteiger partial charge in [-0.05, 0) is 91.4 Å². The second-order valence-electron chi connectivity index (χ2n) is 11.2. The molecule has 1 saturated heterocycles. The summed E-state index contributed by atoms with van der Waals surface area (Å²) in [7, 11) is 0. The number of fused-ring (bicyclic) bond motifs is 1. The zero-order valence-corrected chi connectivity index (χ0v) is 25.9. The maximum atomic E-state index is 13.5. The highest BCUT2D eigenvalue weighted by molar-refractivity contribution is 6.36. The third-order valence-electron chi connectivity index (χ3n) is 8.41. The Labute approximate surface area is 274 Å². The number of ketones is 1. The molecule has 232 valence electrons. The molecular weight excluding hydrogens is 629 g/mol. The number of carbonyl (C=O) groups is 5. The van der Waals surface area contributed by atoms with Gasteiger partial charge < -0.3 is 9.47 Å². The number of hydrogen-bond donors (Lipinski definition) is 0. The molecule has 0 N–H and O–H groups in total. The quantitative estimate of drug-likeness (QED) is 0.0847. The first kappa shape index (κ1) is 31.2. The van der Waals surface area contributed by atoms with Gasteiger partial charge in [-0.15, -0.1) is 0 Å². The van der Waals surface area contributed by atoms with Crippen molar-refractivity contribution in [3.05, 3.63) is 129 Å². The number of benzene rings is 4. The second kappa shape index (κ2) is 13.3. The van der Waals surface area contributed by atoms with E-state index in [2.05, 4.69) is 12.1 Å². The van der Waals surface area contributed by atoms with Crippen LogP contribution in [0.2, 0.25) is 10.0 Å². The summed E-state index contributed by atoms with van der Waals surface area (Å²) in [4.78, 5) is 66.0. The van der Waals surface area contributed by atoms with Gasteiger partial charge in [0.15, 0.2) is 12.4 Å². The predicted molar refractivity (Wildman–Crippen MR) is 171 cm³/mol. The van der Waals surface area contributed by atoms with Gasteiger partial charge in [-0.2, -0.15) is 0 Å². The van der Waals surface area contributed by atoms with Crippen LogP contribution in [0.3, 0.4) is 0 Å². The summed E-state index contributed by atoms with van der Waals surface area (Å²) >= 11 is 11.9. The van der Waals surface area contributed by atoms with E-state index in [-0.39, 0.29) is 51.1 Å². The van der Waals surface area contributed by atoms with Crippen LogP contribution in [0, 0.1) is 11.8 Å². The Morgan fingerprint density at radius 1 is 0.739 bits per heavy atom.